The average Bonchev–Trinajstić information content (AvgIpc) is 3.08. The highest BCUT2D eigenvalue weighted by atomic mass is 16.3. The van der Waals surface area contributed by atoms with Gasteiger partial charge >= 0.3 is 0 Å². The van der Waals surface area contributed by atoms with Gasteiger partial charge < -0.3 is 4.42 Å². The summed E-state index contributed by atoms with van der Waals surface area (Å²) in [5, 5.41) is 3.30. The summed E-state index contributed by atoms with van der Waals surface area (Å²) in [5.74, 6) is 0.818. The van der Waals surface area contributed by atoms with Gasteiger partial charge in [0.2, 0.25) is 0 Å². The first kappa shape index (κ1) is 11.5. The summed E-state index contributed by atoms with van der Waals surface area (Å²) in [6.45, 7) is 0.500. The summed E-state index contributed by atoms with van der Waals surface area (Å²) in [6, 6.07) is 22.4. The predicted octanol–water partition coefficient (Wildman–Crippen LogP) is 4.16. The van der Waals surface area contributed by atoms with Gasteiger partial charge in [-0.1, -0.05) is 60.7 Å². The average molecular weight is 264 g/mol. The van der Waals surface area contributed by atoms with Crippen LogP contribution in [0.1, 0.15) is 24.3 Å². The number of benzene rings is 2. The molecule has 0 bridgehead atoms. The second kappa shape index (κ2) is 6.22. The predicted molar refractivity (Wildman–Crippen MR) is 80.3 cm³/mol. The van der Waals surface area contributed by atoms with Gasteiger partial charge in [0, 0.05) is 0 Å². The molecule has 2 aromatic carbocycles. The lowest BCUT2D eigenvalue weighted by Gasteiger charge is -2.19. The quantitative estimate of drug-likeness (QED) is 0.748. The van der Waals surface area contributed by atoms with Crippen molar-refractivity contribution in [2.24, 2.45) is 0 Å². The molecule has 0 saturated carbocycles. The van der Waals surface area contributed by atoms with Gasteiger partial charge in [0.15, 0.2) is 0 Å². The summed E-state index contributed by atoms with van der Waals surface area (Å²) in [7, 11) is 0. The van der Waals surface area contributed by atoms with Gasteiger partial charge in [-0.25, -0.2) is 0 Å². The van der Waals surface area contributed by atoms with Gasteiger partial charge in [-0.3, -0.25) is 5.32 Å². The van der Waals surface area contributed by atoms with Crippen LogP contribution in [-0.4, -0.2) is 0 Å². The van der Waals surface area contributed by atoms with Crippen LogP contribution in [0.25, 0.3) is 0 Å². The van der Waals surface area contributed by atoms with Crippen LogP contribution in [-0.2, 0) is 6.54 Å². The van der Waals surface area contributed by atoms with Crippen molar-refractivity contribution in [1.29, 1.82) is 0 Å². The lowest BCUT2D eigenvalue weighted by molar-refractivity contribution is 0.468. The van der Waals surface area contributed by atoms with E-state index in [0.29, 0.717) is 6.54 Å². The van der Waals surface area contributed by atoms with Crippen molar-refractivity contribution >= 4 is 0 Å². The first-order chi connectivity index (χ1) is 10.3. The number of furan rings is 1. The Kier molecular flexibility index (Phi) is 3.58. The van der Waals surface area contributed by atoms with Gasteiger partial charge in [-0.05, 0) is 23.3 Å². The van der Waals surface area contributed by atoms with Crippen LogP contribution >= 0.6 is 0 Å². The Balaban J connectivity index is 1.95. The Hall–Kier alpha value is -2.32. The molecule has 0 fully saturated rings. The lowest BCUT2D eigenvalue weighted by Crippen LogP contribution is -2.21. The number of hydrogen-bond donors (Lipinski definition) is 1. The molecule has 0 amide bonds. The van der Waals surface area contributed by atoms with Gasteiger partial charge in [0.1, 0.15) is 5.76 Å². The maximum Gasteiger partial charge on any atom is 0.117 e. The maximum absolute atomic E-state index is 8.95. The van der Waals surface area contributed by atoms with E-state index in [9.17, 15) is 0 Å². The van der Waals surface area contributed by atoms with E-state index in [-0.39, 0.29) is 0 Å². The Morgan fingerprint density at radius 2 is 1.45 bits per heavy atom. The zero-order valence-corrected chi connectivity index (χ0v) is 11.1. The second-order valence-electron chi connectivity index (χ2n) is 4.54. The molecule has 0 unspecified atom stereocenters. The smallest absolute Gasteiger partial charge is 0.117 e. The molecule has 0 aliphatic rings. The van der Waals surface area contributed by atoms with Crippen LogP contribution in [0, 0.1) is 0 Å². The molecule has 0 aliphatic heterocycles. The van der Waals surface area contributed by atoms with E-state index < -0.39 is 6.02 Å². The first-order valence-electron chi connectivity index (χ1n) is 7.17. The molecule has 20 heavy (non-hydrogen) atoms. The van der Waals surface area contributed by atoms with Crippen LogP contribution in [0.3, 0.4) is 0 Å². The Labute approximate surface area is 120 Å². The number of rotatable bonds is 5. The highest BCUT2D eigenvalue weighted by Crippen LogP contribution is 2.22. The molecule has 3 rings (SSSR count). The fraction of sp³-hybridized carbons (Fsp3) is 0.111. The minimum Gasteiger partial charge on any atom is -0.468 e. The number of nitrogens with one attached hydrogen (secondary N) is 1. The van der Waals surface area contributed by atoms with Crippen molar-refractivity contribution in [3.8, 4) is 0 Å². The summed E-state index contributed by atoms with van der Waals surface area (Å²) in [5.41, 5.74) is 1.81. The molecule has 2 heteroatoms. The zero-order valence-electron chi connectivity index (χ0n) is 12.1. The maximum atomic E-state index is 8.95. The summed E-state index contributed by atoms with van der Waals surface area (Å²) < 4.78 is 14.3. The van der Waals surface area contributed by atoms with Gasteiger partial charge in [-0.2, -0.15) is 0 Å². The number of hydrogen-bond acceptors (Lipinski definition) is 2. The van der Waals surface area contributed by atoms with Crippen molar-refractivity contribution < 1.29 is 5.79 Å². The molecule has 0 aliphatic carbocycles. The largest absolute Gasteiger partial charge is 0.468 e. The summed E-state index contributed by atoms with van der Waals surface area (Å²) in [4.78, 5) is 0. The Bertz CT molecular complexity index is 625. The van der Waals surface area contributed by atoms with Gasteiger partial charge in [0.25, 0.3) is 0 Å². The molecule has 100 valence electrons. The first-order valence-corrected chi connectivity index (χ1v) is 6.67. The standard InChI is InChI=1S/C18H17NO/c1-3-8-15(9-4-1)18(16-10-5-2-6-11-16)19-14-17-12-7-13-20-17/h1-13,18-19H,14H2/i18D. The van der Waals surface area contributed by atoms with E-state index in [0.717, 1.165) is 16.9 Å². The molecule has 0 radical (unpaired) electrons. The van der Waals surface area contributed by atoms with Crippen LogP contribution in [0.5, 0.6) is 0 Å². The molecule has 0 atom stereocenters. The minimum absolute atomic E-state index is 0.500. The lowest BCUT2D eigenvalue weighted by atomic mass is 9.99. The zero-order chi connectivity index (χ0) is 14.5. The normalized spacial score (nSPS) is 12.1. The molecule has 0 saturated heterocycles. The molecular weight excluding hydrogens is 246 g/mol. The van der Waals surface area contributed by atoms with Crippen molar-refractivity contribution in [3.05, 3.63) is 95.9 Å². The van der Waals surface area contributed by atoms with Crippen LogP contribution in [0.2, 0.25) is 0 Å². The molecule has 1 aromatic heterocycles. The van der Waals surface area contributed by atoms with Crippen molar-refractivity contribution in [2.75, 3.05) is 0 Å². The van der Waals surface area contributed by atoms with E-state index in [1.807, 2.05) is 72.8 Å². The third kappa shape index (κ3) is 2.98. The van der Waals surface area contributed by atoms with E-state index in [2.05, 4.69) is 5.32 Å². The monoisotopic (exact) mass is 264 g/mol. The molecule has 1 heterocycles. The van der Waals surface area contributed by atoms with Crippen molar-refractivity contribution in [1.82, 2.24) is 5.32 Å². The van der Waals surface area contributed by atoms with Gasteiger partial charge in [0.05, 0.1) is 20.2 Å². The molecule has 2 nitrogen and oxygen atoms in total. The van der Waals surface area contributed by atoms with E-state index in [1.165, 1.54) is 0 Å². The summed E-state index contributed by atoms with van der Waals surface area (Å²) >= 11 is 0. The molecule has 0 spiro atoms. The molecule has 1 N–H and O–H groups in total. The van der Waals surface area contributed by atoms with E-state index in [4.69, 9.17) is 5.79 Å². The van der Waals surface area contributed by atoms with Crippen LogP contribution in [0.4, 0.5) is 0 Å². The highest BCUT2D eigenvalue weighted by Gasteiger charge is 2.13. The van der Waals surface area contributed by atoms with Crippen molar-refractivity contribution in [2.45, 2.75) is 12.6 Å². The highest BCUT2D eigenvalue weighted by molar-refractivity contribution is 5.31. The molecule has 3 aromatic rings. The van der Waals surface area contributed by atoms with Crippen LogP contribution in [0.15, 0.2) is 83.5 Å². The Morgan fingerprint density at radius 1 is 0.850 bits per heavy atom. The fourth-order valence-electron chi connectivity index (χ4n) is 2.17. The third-order valence-electron chi connectivity index (χ3n) is 3.14. The van der Waals surface area contributed by atoms with Crippen LogP contribution < -0.4 is 5.32 Å². The molecular formula is C18H17NO. The summed E-state index contributed by atoms with van der Waals surface area (Å²) in [6.07, 6.45) is 1.65. The minimum atomic E-state index is -1.00. The Morgan fingerprint density at radius 3 is 1.95 bits per heavy atom. The van der Waals surface area contributed by atoms with Crippen molar-refractivity contribution in [3.63, 3.8) is 0 Å². The topological polar surface area (TPSA) is 25.2 Å². The SMILES string of the molecule is [2H]C(NCc1ccco1)(c1ccccc1)c1ccccc1. The van der Waals surface area contributed by atoms with E-state index >= 15 is 0 Å². The fourth-order valence-corrected chi connectivity index (χ4v) is 2.17. The third-order valence-corrected chi connectivity index (χ3v) is 3.14. The second-order valence-corrected chi connectivity index (χ2v) is 4.54. The van der Waals surface area contributed by atoms with Gasteiger partial charge in [-0.15, -0.1) is 0 Å². The van der Waals surface area contributed by atoms with E-state index in [1.54, 1.807) is 6.26 Å².